The number of hydrogen-bond acceptors (Lipinski definition) is 5. The molecule has 0 heterocycles. The Morgan fingerprint density at radius 2 is 1.58 bits per heavy atom. The van der Waals surface area contributed by atoms with Crippen LogP contribution in [0.15, 0.2) is 66.7 Å². The molecule has 36 heavy (non-hydrogen) atoms. The van der Waals surface area contributed by atoms with Crippen LogP contribution in [0.25, 0.3) is 10.8 Å². The van der Waals surface area contributed by atoms with Crippen molar-refractivity contribution in [3.05, 3.63) is 83.4 Å². The molecule has 3 aromatic carbocycles. The molecule has 0 bridgehead atoms. The zero-order chi connectivity index (χ0) is 25.2. The minimum Gasteiger partial charge on any atom is -0.385 e. The number of fused-ring (bicyclic) bond motifs is 1. The van der Waals surface area contributed by atoms with E-state index in [0.29, 0.717) is 44.3 Å². The van der Waals surface area contributed by atoms with Crippen molar-refractivity contribution in [2.45, 2.75) is 51.3 Å². The Bertz CT molecular complexity index is 1170. The van der Waals surface area contributed by atoms with E-state index in [0.717, 1.165) is 21.9 Å². The van der Waals surface area contributed by atoms with Gasteiger partial charge in [-0.2, -0.15) is 0 Å². The van der Waals surface area contributed by atoms with Crippen LogP contribution in [0.5, 0.6) is 0 Å². The number of ketones is 1. The summed E-state index contributed by atoms with van der Waals surface area (Å²) in [7, 11) is 0. The van der Waals surface area contributed by atoms with Crippen LogP contribution in [0.1, 0.15) is 47.7 Å². The average Bonchev–Trinajstić information content (AvgIpc) is 2.87. The molecule has 0 aromatic heterocycles. The van der Waals surface area contributed by atoms with Crippen LogP contribution in [-0.4, -0.2) is 41.4 Å². The lowest BCUT2D eigenvalue weighted by Crippen LogP contribution is -2.48. The number of unbranched alkanes of at least 4 members (excludes halogenated alkanes) is 1. The largest absolute Gasteiger partial charge is 0.385 e. The van der Waals surface area contributed by atoms with Crippen molar-refractivity contribution in [2.75, 3.05) is 6.54 Å². The lowest BCUT2D eigenvalue weighted by Gasteiger charge is -2.19. The van der Waals surface area contributed by atoms with Gasteiger partial charge in [0.15, 0.2) is 5.78 Å². The molecule has 0 radical (unpaired) electrons. The van der Waals surface area contributed by atoms with Crippen LogP contribution < -0.4 is 16.4 Å². The first-order valence-electron chi connectivity index (χ1n) is 11.9. The van der Waals surface area contributed by atoms with Crippen molar-refractivity contribution < 1.29 is 19.5 Å². The summed E-state index contributed by atoms with van der Waals surface area (Å²) in [4.78, 5) is 37.1. The molecule has 192 valence electrons. The van der Waals surface area contributed by atoms with Gasteiger partial charge >= 0.3 is 0 Å². The maximum Gasteiger partial charge on any atom is 0.251 e. The number of nitrogens with two attached hydrogens (primary N) is 1. The Hall–Kier alpha value is -3.26. The number of nitrogens with one attached hydrogen (secondary N) is 2. The monoisotopic (exact) mass is 511 g/mol. The number of aliphatic hydroxyl groups is 1. The lowest BCUT2D eigenvalue weighted by molar-refractivity contribution is -0.125. The second-order valence-electron chi connectivity index (χ2n) is 8.73. The summed E-state index contributed by atoms with van der Waals surface area (Å²) in [5, 5.41) is 17.5. The third-order valence-corrected chi connectivity index (χ3v) is 6.00. The number of benzene rings is 3. The molecule has 0 aliphatic carbocycles. The molecule has 0 aliphatic rings. The highest BCUT2D eigenvalue weighted by Crippen LogP contribution is 2.17. The number of aliphatic hydroxyl groups excluding tert-OH is 1. The Balaban J connectivity index is 0.00000456. The maximum absolute atomic E-state index is 13.0. The SMILES string of the molecule is CC(=O)C(O)CCCCNC(=O)[C@H](Cc1ccc2ccccc2c1)NC(=O)c1ccc(CN)cc1.Cl. The summed E-state index contributed by atoms with van der Waals surface area (Å²) < 4.78 is 0. The smallest absolute Gasteiger partial charge is 0.251 e. The van der Waals surface area contributed by atoms with Crippen molar-refractivity contribution >= 4 is 40.8 Å². The fourth-order valence-corrected chi connectivity index (χ4v) is 3.85. The molecule has 0 spiro atoms. The quantitative estimate of drug-likeness (QED) is 0.278. The Morgan fingerprint density at radius 3 is 2.25 bits per heavy atom. The molecule has 0 saturated heterocycles. The van der Waals surface area contributed by atoms with Crippen LogP contribution in [-0.2, 0) is 22.6 Å². The van der Waals surface area contributed by atoms with Gasteiger partial charge in [0.05, 0.1) is 0 Å². The molecule has 8 heteroatoms. The molecule has 0 aliphatic heterocycles. The second kappa shape index (κ2) is 14.3. The molecule has 2 amide bonds. The molecule has 2 atom stereocenters. The second-order valence-corrected chi connectivity index (χ2v) is 8.73. The first-order valence-corrected chi connectivity index (χ1v) is 11.9. The van der Waals surface area contributed by atoms with Crippen molar-refractivity contribution in [3.8, 4) is 0 Å². The lowest BCUT2D eigenvalue weighted by atomic mass is 10.0. The predicted octanol–water partition coefficient (Wildman–Crippen LogP) is 3.30. The van der Waals surface area contributed by atoms with Crippen LogP contribution in [0.3, 0.4) is 0 Å². The molecule has 1 unspecified atom stereocenters. The molecule has 5 N–H and O–H groups in total. The number of amides is 2. The van der Waals surface area contributed by atoms with E-state index in [2.05, 4.69) is 10.6 Å². The van der Waals surface area contributed by atoms with Gasteiger partial charge in [0.25, 0.3) is 5.91 Å². The Labute approximate surface area is 217 Å². The highest BCUT2D eigenvalue weighted by molar-refractivity contribution is 5.97. The topological polar surface area (TPSA) is 122 Å². The normalized spacial score (nSPS) is 12.3. The number of Topliss-reactive ketones (excluding diaryl/α,β-unsaturated/α-hetero) is 1. The maximum atomic E-state index is 13.0. The minimum atomic E-state index is -0.962. The van der Waals surface area contributed by atoms with Gasteiger partial charge in [-0.05, 0) is 60.2 Å². The highest BCUT2D eigenvalue weighted by Gasteiger charge is 2.22. The molecule has 3 rings (SSSR count). The van der Waals surface area contributed by atoms with E-state index in [1.54, 1.807) is 24.3 Å². The van der Waals surface area contributed by atoms with Gasteiger partial charge in [-0.25, -0.2) is 0 Å². The van der Waals surface area contributed by atoms with Crippen LogP contribution in [0.2, 0.25) is 0 Å². The van der Waals surface area contributed by atoms with E-state index in [4.69, 9.17) is 5.73 Å². The third kappa shape index (κ3) is 8.45. The number of carbonyl (C=O) groups is 3. The number of carbonyl (C=O) groups excluding carboxylic acids is 3. The molecular weight excluding hydrogens is 478 g/mol. The zero-order valence-corrected chi connectivity index (χ0v) is 21.2. The van der Waals surface area contributed by atoms with Gasteiger partial charge in [-0.1, -0.05) is 54.6 Å². The molecule has 3 aromatic rings. The van der Waals surface area contributed by atoms with E-state index >= 15 is 0 Å². The van der Waals surface area contributed by atoms with Crippen LogP contribution in [0, 0.1) is 0 Å². The zero-order valence-electron chi connectivity index (χ0n) is 20.4. The van der Waals surface area contributed by atoms with Crippen molar-refractivity contribution in [3.63, 3.8) is 0 Å². The van der Waals surface area contributed by atoms with E-state index in [1.165, 1.54) is 6.92 Å². The summed E-state index contributed by atoms with van der Waals surface area (Å²) in [5.74, 6) is -0.872. The fraction of sp³-hybridized carbons (Fsp3) is 0.321. The summed E-state index contributed by atoms with van der Waals surface area (Å²) in [6.07, 6.45) is 0.966. The minimum absolute atomic E-state index is 0. The van der Waals surface area contributed by atoms with Gasteiger partial charge < -0.3 is 21.5 Å². The number of halogens is 1. The molecular formula is C28H34ClN3O4. The van der Waals surface area contributed by atoms with Crippen molar-refractivity contribution in [1.82, 2.24) is 10.6 Å². The number of hydrogen-bond donors (Lipinski definition) is 4. The van der Waals surface area contributed by atoms with Crippen molar-refractivity contribution in [1.29, 1.82) is 0 Å². The molecule has 0 saturated carbocycles. The summed E-state index contributed by atoms with van der Waals surface area (Å²) in [6, 6.07) is 20.2. The van der Waals surface area contributed by atoms with E-state index < -0.39 is 12.1 Å². The molecule has 0 fully saturated rings. The van der Waals surface area contributed by atoms with Gasteiger partial charge in [0.2, 0.25) is 5.91 Å². The third-order valence-electron chi connectivity index (χ3n) is 6.00. The molecule has 7 nitrogen and oxygen atoms in total. The predicted molar refractivity (Wildman–Crippen MR) is 144 cm³/mol. The Kier molecular flexibility index (Phi) is 11.5. The first kappa shape index (κ1) is 29.0. The highest BCUT2D eigenvalue weighted by atomic mass is 35.5. The van der Waals surface area contributed by atoms with Gasteiger partial charge in [0, 0.05) is 25.1 Å². The number of rotatable bonds is 12. The summed E-state index contributed by atoms with van der Waals surface area (Å²) in [6.45, 7) is 2.13. The van der Waals surface area contributed by atoms with Crippen LogP contribution in [0.4, 0.5) is 0 Å². The van der Waals surface area contributed by atoms with E-state index in [9.17, 15) is 19.5 Å². The van der Waals surface area contributed by atoms with Gasteiger partial charge in [0.1, 0.15) is 12.1 Å². The Morgan fingerprint density at radius 1 is 0.917 bits per heavy atom. The van der Waals surface area contributed by atoms with Crippen molar-refractivity contribution in [2.24, 2.45) is 5.73 Å². The van der Waals surface area contributed by atoms with Crippen LogP contribution >= 0.6 is 12.4 Å². The van der Waals surface area contributed by atoms with Gasteiger partial charge in [-0.3, -0.25) is 14.4 Å². The van der Waals surface area contributed by atoms with E-state index in [1.807, 2.05) is 42.5 Å². The van der Waals surface area contributed by atoms with E-state index in [-0.39, 0.29) is 30.0 Å². The summed E-state index contributed by atoms with van der Waals surface area (Å²) >= 11 is 0. The standard InChI is InChI=1S/C28H33N3O4.ClH/c1-19(32)26(33)8-4-5-15-30-28(35)25(31-27(34)23-13-9-20(18-29)10-14-23)17-21-11-12-22-6-2-3-7-24(22)16-21;/h2-3,6-7,9-14,16,25-26,33H,4-5,8,15,17-18,29H2,1H3,(H,30,35)(H,31,34);1H/t25-,26?;/m0./s1. The average molecular weight is 512 g/mol. The summed E-state index contributed by atoms with van der Waals surface area (Å²) in [5.41, 5.74) is 7.95. The first-order chi connectivity index (χ1) is 16.9. The fourth-order valence-electron chi connectivity index (χ4n) is 3.85. The van der Waals surface area contributed by atoms with Gasteiger partial charge in [-0.15, -0.1) is 12.4 Å².